The van der Waals surface area contributed by atoms with E-state index in [0.717, 1.165) is 24.2 Å². The van der Waals surface area contributed by atoms with Crippen LogP contribution in [0.1, 0.15) is 21.9 Å². The summed E-state index contributed by atoms with van der Waals surface area (Å²) in [6.07, 6.45) is 0.727. The average Bonchev–Trinajstić information content (AvgIpc) is 2.27. The lowest BCUT2D eigenvalue weighted by atomic mass is 10.1. The Morgan fingerprint density at radius 1 is 1.50 bits per heavy atom. The number of rotatable bonds is 2. The van der Waals surface area contributed by atoms with E-state index in [0.29, 0.717) is 12.4 Å². The van der Waals surface area contributed by atoms with Crippen molar-refractivity contribution in [3.8, 4) is 5.88 Å². The third kappa shape index (κ3) is 1.83. The SMILES string of the molecule is COc1nc(C(=O)O)nc2c1CN(C)CC2. The number of carboxylic acids is 1. The van der Waals surface area contributed by atoms with Gasteiger partial charge >= 0.3 is 5.97 Å². The molecule has 86 valence electrons. The molecule has 0 fully saturated rings. The van der Waals surface area contributed by atoms with Gasteiger partial charge < -0.3 is 14.7 Å². The van der Waals surface area contributed by atoms with Crippen LogP contribution in [-0.4, -0.2) is 46.6 Å². The molecule has 1 N–H and O–H groups in total. The molecule has 1 aromatic heterocycles. The minimum absolute atomic E-state index is 0.194. The number of methoxy groups -OCH3 is 1. The fourth-order valence-electron chi connectivity index (χ4n) is 1.78. The fourth-order valence-corrected chi connectivity index (χ4v) is 1.78. The van der Waals surface area contributed by atoms with Crippen LogP contribution in [0.25, 0.3) is 0 Å². The number of ether oxygens (including phenoxy) is 1. The van der Waals surface area contributed by atoms with Gasteiger partial charge in [-0.05, 0) is 7.05 Å². The van der Waals surface area contributed by atoms with E-state index in [9.17, 15) is 4.79 Å². The summed E-state index contributed by atoms with van der Waals surface area (Å²) in [4.78, 5) is 20.9. The largest absolute Gasteiger partial charge is 0.481 e. The van der Waals surface area contributed by atoms with Crippen LogP contribution in [0.5, 0.6) is 5.88 Å². The van der Waals surface area contributed by atoms with Crippen molar-refractivity contribution >= 4 is 5.97 Å². The zero-order chi connectivity index (χ0) is 11.7. The predicted molar refractivity (Wildman–Crippen MR) is 55.6 cm³/mol. The number of aromatic carboxylic acids is 1. The fraction of sp³-hybridized carbons (Fsp3) is 0.500. The summed E-state index contributed by atoms with van der Waals surface area (Å²) < 4.78 is 5.11. The van der Waals surface area contributed by atoms with Crippen molar-refractivity contribution in [2.24, 2.45) is 0 Å². The molecule has 1 aromatic rings. The molecule has 0 saturated carbocycles. The Morgan fingerprint density at radius 2 is 2.25 bits per heavy atom. The number of hydrogen-bond donors (Lipinski definition) is 1. The van der Waals surface area contributed by atoms with Crippen molar-refractivity contribution in [1.82, 2.24) is 14.9 Å². The van der Waals surface area contributed by atoms with Gasteiger partial charge in [-0.3, -0.25) is 0 Å². The molecule has 0 aromatic carbocycles. The first kappa shape index (κ1) is 10.8. The number of hydrogen-bond acceptors (Lipinski definition) is 5. The van der Waals surface area contributed by atoms with Crippen LogP contribution < -0.4 is 4.74 Å². The van der Waals surface area contributed by atoms with Crippen LogP contribution in [0.15, 0.2) is 0 Å². The normalized spacial score (nSPS) is 15.6. The van der Waals surface area contributed by atoms with E-state index in [1.807, 2.05) is 7.05 Å². The van der Waals surface area contributed by atoms with Crippen molar-refractivity contribution < 1.29 is 14.6 Å². The topological polar surface area (TPSA) is 75.5 Å². The summed E-state index contributed by atoms with van der Waals surface area (Å²) in [5, 5.41) is 8.87. The molecule has 0 spiro atoms. The summed E-state index contributed by atoms with van der Waals surface area (Å²) in [5.41, 5.74) is 1.67. The van der Waals surface area contributed by atoms with Gasteiger partial charge in [0.15, 0.2) is 0 Å². The van der Waals surface area contributed by atoms with Gasteiger partial charge in [0.25, 0.3) is 0 Å². The van der Waals surface area contributed by atoms with Crippen LogP contribution in [0.4, 0.5) is 0 Å². The highest BCUT2D eigenvalue weighted by atomic mass is 16.5. The second-order valence-corrected chi connectivity index (χ2v) is 3.77. The highest BCUT2D eigenvalue weighted by Crippen LogP contribution is 2.24. The van der Waals surface area contributed by atoms with Gasteiger partial charge in [-0.1, -0.05) is 0 Å². The number of fused-ring (bicyclic) bond motifs is 1. The lowest BCUT2D eigenvalue weighted by Crippen LogP contribution is -2.29. The molecule has 6 heteroatoms. The molecule has 2 heterocycles. The lowest BCUT2D eigenvalue weighted by molar-refractivity contribution is 0.0681. The minimum atomic E-state index is -1.12. The molecule has 0 saturated heterocycles. The molecule has 0 aliphatic carbocycles. The minimum Gasteiger partial charge on any atom is -0.481 e. The summed E-state index contributed by atoms with van der Waals surface area (Å²) in [7, 11) is 3.48. The summed E-state index contributed by atoms with van der Waals surface area (Å²) in [6, 6.07) is 0. The van der Waals surface area contributed by atoms with E-state index in [1.54, 1.807) is 0 Å². The van der Waals surface area contributed by atoms with Crippen molar-refractivity contribution in [1.29, 1.82) is 0 Å². The van der Waals surface area contributed by atoms with E-state index in [1.165, 1.54) is 7.11 Å². The first-order chi connectivity index (χ1) is 7.61. The second-order valence-electron chi connectivity index (χ2n) is 3.77. The van der Waals surface area contributed by atoms with Gasteiger partial charge in [-0.2, -0.15) is 4.98 Å². The highest BCUT2D eigenvalue weighted by Gasteiger charge is 2.22. The molecule has 0 atom stereocenters. The van der Waals surface area contributed by atoms with Gasteiger partial charge in [0.2, 0.25) is 11.7 Å². The molecule has 0 amide bonds. The van der Waals surface area contributed by atoms with Gasteiger partial charge in [0, 0.05) is 25.1 Å². The number of carbonyl (C=O) groups is 1. The van der Waals surface area contributed by atoms with Crippen molar-refractivity contribution in [3.05, 3.63) is 17.1 Å². The molecule has 0 unspecified atom stereocenters. The van der Waals surface area contributed by atoms with Gasteiger partial charge in [-0.25, -0.2) is 9.78 Å². The third-order valence-electron chi connectivity index (χ3n) is 2.60. The van der Waals surface area contributed by atoms with Gasteiger partial charge in [0.1, 0.15) is 0 Å². The second kappa shape index (κ2) is 4.05. The van der Waals surface area contributed by atoms with E-state index < -0.39 is 5.97 Å². The maximum atomic E-state index is 10.8. The highest BCUT2D eigenvalue weighted by molar-refractivity contribution is 5.83. The first-order valence-corrected chi connectivity index (χ1v) is 4.97. The van der Waals surface area contributed by atoms with Crippen LogP contribution in [0.2, 0.25) is 0 Å². The summed E-state index contributed by atoms with van der Waals surface area (Å²) in [6.45, 7) is 1.56. The standard InChI is InChI=1S/C10H13N3O3/c1-13-4-3-7-6(5-13)9(16-2)12-8(11-7)10(14)15/h3-5H2,1-2H3,(H,14,15). The number of nitrogens with zero attached hydrogens (tertiary/aromatic N) is 3. The molecular formula is C10H13N3O3. The van der Waals surface area contributed by atoms with Gasteiger partial charge in [-0.15, -0.1) is 0 Å². The summed E-state index contributed by atoms with van der Waals surface area (Å²) >= 11 is 0. The van der Waals surface area contributed by atoms with Crippen LogP contribution in [0, 0.1) is 0 Å². The Kier molecular flexibility index (Phi) is 2.74. The number of likely N-dealkylation sites (N-methyl/N-ethyl adjacent to an activating group) is 1. The zero-order valence-electron chi connectivity index (χ0n) is 9.23. The van der Waals surface area contributed by atoms with E-state index >= 15 is 0 Å². The van der Waals surface area contributed by atoms with E-state index in [-0.39, 0.29) is 5.82 Å². The average molecular weight is 223 g/mol. The van der Waals surface area contributed by atoms with E-state index in [2.05, 4.69) is 14.9 Å². The number of aromatic nitrogens is 2. The third-order valence-corrected chi connectivity index (χ3v) is 2.60. The maximum Gasteiger partial charge on any atom is 0.374 e. The Balaban J connectivity index is 2.50. The molecule has 1 aliphatic rings. The quantitative estimate of drug-likeness (QED) is 0.770. The molecular weight excluding hydrogens is 210 g/mol. The van der Waals surface area contributed by atoms with Crippen LogP contribution >= 0.6 is 0 Å². The molecule has 0 bridgehead atoms. The molecule has 1 aliphatic heterocycles. The monoisotopic (exact) mass is 223 g/mol. The summed E-state index contributed by atoms with van der Waals surface area (Å²) in [5.74, 6) is -0.950. The van der Waals surface area contributed by atoms with Crippen molar-refractivity contribution in [2.75, 3.05) is 20.7 Å². The Bertz CT molecular complexity index is 416. The van der Waals surface area contributed by atoms with Crippen LogP contribution in [-0.2, 0) is 13.0 Å². The molecule has 2 rings (SSSR count). The smallest absolute Gasteiger partial charge is 0.374 e. The molecule has 16 heavy (non-hydrogen) atoms. The van der Waals surface area contributed by atoms with Gasteiger partial charge in [0.05, 0.1) is 12.8 Å². The van der Waals surface area contributed by atoms with Crippen molar-refractivity contribution in [3.63, 3.8) is 0 Å². The predicted octanol–water partition coefficient (Wildman–Crippen LogP) is 0.171. The van der Waals surface area contributed by atoms with Crippen molar-refractivity contribution in [2.45, 2.75) is 13.0 Å². The molecule has 0 radical (unpaired) electrons. The Hall–Kier alpha value is -1.69. The lowest BCUT2D eigenvalue weighted by Gasteiger charge is -2.25. The Morgan fingerprint density at radius 3 is 2.88 bits per heavy atom. The van der Waals surface area contributed by atoms with E-state index in [4.69, 9.17) is 9.84 Å². The molecule has 6 nitrogen and oxygen atoms in total. The van der Waals surface area contributed by atoms with Crippen LogP contribution in [0.3, 0.4) is 0 Å². The number of carboxylic acid groups (broad SMARTS) is 1. The Labute approximate surface area is 92.9 Å². The maximum absolute atomic E-state index is 10.8. The zero-order valence-corrected chi connectivity index (χ0v) is 9.23. The first-order valence-electron chi connectivity index (χ1n) is 4.97.